The van der Waals surface area contributed by atoms with E-state index in [9.17, 15) is 13.2 Å². The van der Waals surface area contributed by atoms with Crippen LogP contribution in [0.15, 0.2) is 4.99 Å². The fourth-order valence-corrected chi connectivity index (χ4v) is 2.97. The molecule has 0 aromatic rings. The third kappa shape index (κ3) is 8.19. The summed E-state index contributed by atoms with van der Waals surface area (Å²) in [4.78, 5) is 7.82. The second-order valence-corrected chi connectivity index (χ2v) is 7.18. The first kappa shape index (κ1) is 21.0. The molecule has 1 fully saturated rings. The van der Waals surface area contributed by atoms with Crippen LogP contribution in [0.25, 0.3) is 0 Å². The number of likely N-dealkylation sites (tertiary alicyclic amines) is 1. The predicted molar refractivity (Wildman–Crippen MR) is 92.3 cm³/mol. The number of alkyl halides is 3. The van der Waals surface area contributed by atoms with Crippen molar-refractivity contribution in [1.29, 1.82) is 0 Å². The van der Waals surface area contributed by atoms with E-state index in [0.29, 0.717) is 37.4 Å². The van der Waals surface area contributed by atoms with Crippen molar-refractivity contribution in [2.75, 3.05) is 47.3 Å². The SMILES string of the molecule is CN=C(NCC(CC(C)C)N(C)C)NC1CCN(CC(F)(F)F)C1. The fraction of sp³-hybridized carbons (Fsp3) is 0.938. The van der Waals surface area contributed by atoms with Crippen LogP contribution < -0.4 is 10.6 Å². The average molecular weight is 351 g/mol. The lowest BCUT2D eigenvalue weighted by atomic mass is 10.0. The Morgan fingerprint density at radius 3 is 2.50 bits per heavy atom. The van der Waals surface area contributed by atoms with Crippen molar-refractivity contribution >= 4 is 5.96 Å². The average Bonchev–Trinajstić information content (AvgIpc) is 2.86. The Hall–Kier alpha value is -1.02. The third-order valence-corrected chi connectivity index (χ3v) is 4.22. The summed E-state index contributed by atoms with van der Waals surface area (Å²) in [5.41, 5.74) is 0. The first-order chi connectivity index (χ1) is 11.1. The van der Waals surface area contributed by atoms with E-state index < -0.39 is 12.7 Å². The van der Waals surface area contributed by atoms with Crippen LogP contribution in [0.3, 0.4) is 0 Å². The number of aliphatic imine (C=N–C) groups is 1. The van der Waals surface area contributed by atoms with Gasteiger partial charge in [-0.3, -0.25) is 9.89 Å². The molecule has 0 amide bonds. The van der Waals surface area contributed by atoms with E-state index in [2.05, 4.69) is 48.5 Å². The molecule has 2 atom stereocenters. The maximum Gasteiger partial charge on any atom is 0.401 e. The summed E-state index contributed by atoms with van der Waals surface area (Å²) in [7, 11) is 5.79. The van der Waals surface area contributed by atoms with E-state index >= 15 is 0 Å². The van der Waals surface area contributed by atoms with Gasteiger partial charge in [-0.25, -0.2) is 0 Å². The van der Waals surface area contributed by atoms with Crippen molar-refractivity contribution in [1.82, 2.24) is 20.4 Å². The van der Waals surface area contributed by atoms with Crippen LogP contribution in [0.1, 0.15) is 26.7 Å². The monoisotopic (exact) mass is 351 g/mol. The van der Waals surface area contributed by atoms with E-state index in [1.807, 2.05) is 0 Å². The molecule has 0 bridgehead atoms. The molecule has 24 heavy (non-hydrogen) atoms. The van der Waals surface area contributed by atoms with E-state index in [1.54, 1.807) is 7.05 Å². The van der Waals surface area contributed by atoms with Gasteiger partial charge in [0.15, 0.2) is 5.96 Å². The Balaban J connectivity index is 2.43. The highest BCUT2D eigenvalue weighted by atomic mass is 19.4. The summed E-state index contributed by atoms with van der Waals surface area (Å²) < 4.78 is 37.3. The van der Waals surface area contributed by atoms with E-state index in [1.165, 1.54) is 4.90 Å². The number of hydrogen-bond donors (Lipinski definition) is 2. The number of nitrogens with one attached hydrogen (secondary N) is 2. The topological polar surface area (TPSA) is 42.9 Å². The number of hydrogen-bond acceptors (Lipinski definition) is 3. The van der Waals surface area contributed by atoms with E-state index in [0.717, 1.165) is 13.0 Å². The normalized spacial score (nSPS) is 21.6. The number of likely N-dealkylation sites (N-methyl/N-ethyl adjacent to an activating group) is 1. The van der Waals surface area contributed by atoms with Crippen LogP contribution in [0.2, 0.25) is 0 Å². The molecule has 1 saturated heterocycles. The zero-order chi connectivity index (χ0) is 18.3. The van der Waals surface area contributed by atoms with Crippen LogP contribution in [-0.4, -0.2) is 81.3 Å². The van der Waals surface area contributed by atoms with Gasteiger partial charge in [0.1, 0.15) is 0 Å². The van der Waals surface area contributed by atoms with Gasteiger partial charge in [0.25, 0.3) is 0 Å². The van der Waals surface area contributed by atoms with Gasteiger partial charge in [-0.05, 0) is 32.9 Å². The summed E-state index contributed by atoms with van der Waals surface area (Å²) in [6, 6.07) is 0.385. The van der Waals surface area contributed by atoms with Crippen LogP contribution in [0.5, 0.6) is 0 Å². The molecule has 0 aromatic carbocycles. The van der Waals surface area contributed by atoms with Crippen molar-refractivity contribution in [3.63, 3.8) is 0 Å². The number of rotatable bonds is 7. The van der Waals surface area contributed by atoms with Gasteiger partial charge in [-0.15, -0.1) is 0 Å². The molecular weight excluding hydrogens is 319 g/mol. The van der Waals surface area contributed by atoms with Gasteiger partial charge in [0, 0.05) is 38.8 Å². The van der Waals surface area contributed by atoms with Crippen molar-refractivity contribution in [2.45, 2.75) is 44.9 Å². The molecule has 0 saturated carbocycles. The molecule has 0 radical (unpaired) electrons. The van der Waals surface area contributed by atoms with Gasteiger partial charge in [0.05, 0.1) is 6.54 Å². The summed E-state index contributed by atoms with van der Waals surface area (Å²) >= 11 is 0. The van der Waals surface area contributed by atoms with Crippen molar-refractivity contribution in [3.05, 3.63) is 0 Å². The summed E-state index contributed by atoms with van der Waals surface area (Å²) in [6.45, 7) is 5.15. The molecule has 1 rings (SSSR count). The number of guanidine groups is 1. The lowest BCUT2D eigenvalue weighted by Crippen LogP contribution is -2.49. The number of halogens is 3. The van der Waals surface area contributed by atoms with Gasteiger partial charge in [0.2, 0.25) is 0 Å². The Morgan fingerprint density at radius 2 is 2.00 bits per heavy atom. The second-order valence-electron chi connectivity index (χ2n) is 7.18. The fourth-order valence-electron chi connectivity index (χ4n) is 2.97. The third-order valence-electron chi connectivity index (χ3n) is 4.22. The van der Waals surface area contributed by atoms with Crippen LogP contribution in [0, 0.1) is 5.92 Å². The molecule has 0 aliphatic carbocycles. The summed E-state index contributed by atoms with van der Waals surface area (Å²) in [5, 5.41) is 6.54. The maximum absolute atomic E-state index is 12.4. The molecule has 1 heterocycles. The molecule has 2 N–H and O–H groups in total. The second kappa shape index (κ2) is 9.46. The first-order valence-electron chi connectivity index (χ1n) is 8.53. The van der Waals surface area contributed by atoms with E-state index in [4.69, 9.17) is 0 Å². The van der Waals surface area contributed by atoms with E-state index in [-0.39, 0.29) is 6.04 Å². The quantitative estimate of drug-likeness (QED) is 0.542. The maximum atomic E-state index is 12.4. The molecule has 142 valence electrons. The Labute approximate surface area is 143 Å². The standard InChI is InChI=1S/C16H32F3N5/c1-12(2)8-14(23(4)5)9-21-15(20-3)22-13-6-7-24(10-13)11-16(17,18)19/h12-14H,6-11H2,1-5H3,(H2,20,21,22). The minimum atomic E-state index is -4.13. The molecule has 0 spiro atoms. The molecular formula is C16H32F3N5. The van der Waals surface area contributed by atoms with Crippen LogP contribution in [-0.2, 0) is 0 Å². The molecule has 1 aliphatic rings. The van der Waals surface area contributed by atoms with Gasteiger partial charge < -0.3 is 15.5 Å². The van der Waals surface area contributed by atoms with Crippen molar-refractivity contribution in [2.24, 2.45) is 10.9 Å². The largest absolute Gasteiger partial charge is 0.401 e. The van der Waals surface area contributed by atoms with Gasteiger partial charge >= 0.3 is 6.18 Å². The highest BCUT2D eigenvalue weighted by molar-refractivity contribution is 5.80. The molecule has 5 nitrogen and oxygen atoms in total. The van der Waals surface area contributed by atoms with Gasteiger partial charge in [-0.2, -0.15) is 13.2 Å². The van der Waals surface area contributed by atoms with Crippen LogP contribution >= 0.6 is 0 Å². The zero-order valence-electron chi connectivity index (χ0n) is 15.5. The molecule has 8 heteroatoms. The molecule has 1 aliphatic heterocycles. The number of nitrogens with zero attached hydrogens (tertiary/aromatic N) is 3. The highest BCUT2D eigenvalue weighted by Gasteiger charge is 2.34. The van der Waals surface area contributed by atoms with Gasteiger partial charge in [-0.1, -0.05) is 13.8 Å². The lowest BCUT2D eigenvalue weighted by Gasteiger charge is -2.27. The summed E-state index contributed by atoms with van der Waals surface area (Å²) in [6.07, 6.45) is -2.37. The molecule has 0 aromatic heterocycles. The smallest absolute Gasteiger partial charge is 0.355 e. The first-order valence-corrected chi connectivity index (χ1v) is 8.53. The lowest BCUT2D eigenvalue weighted by molar-refractivity contribution is -0.143. The predicted octanol–water partition coefficient (Wildman–Crippen LogP) is 1.76. The Morgan fingerprint density at radius 1 is 1.33 bits per heavy atom. The van der Waals surface area contributed by atoms with Crippen LogP contribution in [0.4, 0.5) is 13.2 Å². The highest BCUT2D eigenvalue weighted by Crippen LogP contribution is 2.19. The molecule has 2 unspecified atom stereocenters. The minimum absolute atomic E-state index is 0.00135. The minimum Gasteiger partial charge on any atom is -0.355 e. The van der Waals surface area contributed by atoms with Crippen molar-refractivity contribution in [3.8, 4) is 0 Å². The van der Waals surface area contributed by atoms with Crippen molar-refractivity contribution < 1.29 is 13.2 Å². The summed E-state index contributed by atoms with van der Waals surface area (Å²) in [5.74, 6) is 1.25. The Kier molecular flexibility index (Phi) is 8.29. The Bertz CT molecular complexity index is 396. The zero-order valence-corrected chi connectivity index (χ0v) is 15.5.